The summed E-state index contributed by atoms with van der Waals surface area (Å²) in [6.07, 6.45) is 1.76. The molecule has 0 bridgehead atoms. The molecule has 7 heteroatoms. The second kappa shape index (κ2) is 5.59. The topological polar surface area (TPSA) is 75.9 Å². The molecule has 7 nitrogen and oxygen atoms in total. The zero-order valence-corrected chi connectivity index (χ0v) is 13.6. The molecule has 0 spiro atoms. The Morgan fingerprint density at radius 3 is 2.54 bits per heavy atom. The standard InChI is InChI=1S/C17H18N6O/c1-11-16(20-14-6-4-3-5-13(14)18-11)23-9-12(10-23)19-17(24)15-7-8-22(2)21-15/h3-8,12H,9-10H2,1-2H3,(H,19,24). The Hall–Kier alpha value is -2.96. The van der Waals surface area contributed by atoms with E-state index in [1.165, 1.54) is 0 Å². The molecule has 3 heterocycles. The highest BCUT2D eigenvalue weighted by molar-refractivity contribution is 5.92. The van der Waals surface area contributed by atoms with Gasteiger partial charge in [0.15, 0.2) is 5.82 Å². The molecule has 1 aromatic carbocycles. The molecule has 0 atom stereocenters. The van der Waals surface area contributed by atoms with Crippen LogP contribution in [0.5, 0.6) is 0 Å². The largest absolute Gasteiger partial charge is 0.351 e. The number of nitrogens with zero attached hydrogens (tertiary/aromatic N) is 5. The minimum atomic E-state index is -0.137. The molecule has 0 radical (unpaired) electrons. The maximum Gasteiger partial charge on any atom is 0.272 e. The van der Waals surface area contributed by atoms with Gasteiger partial charge < -0.3 is 10.2 Å². The molecule has 4 rings (SSSR count). The summed E-state index contributed by atoms with van der Waals surface area (Å²) in [6, 6.07) is 9.67. The molecular weight excluding hydrogens is 304 g/mol. The highest BCUT2D eigenvalue weighted by Crippen LogP contribution is 2.24. The Balaban J connectivity index is 1.44. The number of aryl methyl sites for hydroxylation is 2. The maximum absolute atomic E-state index is 12.1. The monoisotopic (exact) mass is 322 g/mol. The summed E-state index contributed by atoms with van der Waals surface area (Å²) in [5.74, 6) is 0.749. The molecule has 0 aliphatic carbocycles. The van der Waals surface area contributed by atoms with E-state index in [-0.39, 0.29) is 11.9 Å². The third-order valence-electron chi connectivity index (χ3n) is 4.18. The van der Waals surface area contributed by atoms with E-state index in [0.717, 1.165) is 35.6 Å². The molecular formula is C17H18N6O. The number of rotatable bonds is 3. The first kappa shape index (κ1) is 14.6. The summed E-state index contributed by atoms with van der Waals surface area (Å²) in [5, 5.41) is 7.11. The summed E-state index contributed by atoms with van der Waals surface area (Å²) in [6.45, 7) is 3.42. The number of para-hydroxylation sites is 2. The van der Waals surface area contributed by atoms with Gasteiger partial charge in [-0.15, -0.1) is 0 Å². The molecule has 1 aliphatic heterocycles. The molecule has 3 aromatic rings. The molecule has 1 aliphatic rings. The lowest BCUT2D eigenvalue weighted by Gasteiger charge is -2.40. The molecule has 1 N–H and O–H groups in total. The second-order valence-electron chi connectivity index (χ2n) is 6.07. The Kier molecular flexibility index (Phi) is 3.41. The van der Waals surface area contributed by atoms with Gasteiger partial charge in [0.1, 0.15) is 5.69 Å². The van der Waals surface area contributed by atoms with Gasteiger partial charge >= 0.3 is 0 Å². The van der Waals surface area contributed by atoms with Crippen LogP contribution in [0.2, 0.25) is 0 Å². The lowest BCUT2D eigenvalue weighted by Crippen LogP contribution is -2.60. The number of aromatic nitrogens is 4. The average Bonchev–Trinajstić information content (AvgIpc) is 2.96. The Morgan fingerprint density at radius 1 is 1.17 bits per heavy atom. The van der Waals surface area contributed by atoms with E-state index in [2.05, 4.69) is 20.3 Å². The second-order valence-corrected chi connectivity index (χ2v) is 6.07. The van der Waals surface area contributed by atoms with Gasteiger partial charge in [-0.25, -0.2) is 9.97 Å². The number of hydrogen-bond acceptors (Lipinski definition) is 5. The predicted molar refractivity (Wildman–Crippen MR) is 91.0 cm³/mol. The number of amides is 1. The number of hydrogen-bond donors (Lipinski definition) is 1. The number of nitrogens with one attached hydrogen (secondary N) is 1. The van der Waals surface area contributed by atoms with E-state index in [0.29, 0.717) is 5.69 Å². The van der Waals surface area contributed by atoms with Crippen molar-refractivity contribution in [2.45, 2.75) is 13.0 Å². The minimum absolute atomic E-state index is 0.104. The number of fused-ring (bicyclic) bond motifs is 1. The summed E-state index contributed by atoms with van der Waals surface area (Å²) in [4.78, 5) is 23.6. The summed E-state index contributed by atoms with van der Waals surface area (Å²) in [5.41, 5.74) is 3.14. The van der Waals surface area contributed by atoms with Crippen LogP contribution < -0.4 is 10.2 Å². The zero-order valence-electron chi connectivity index (χ0n) is 13.6. The van der Waals surface area contributed by atoms with E-state index in [1.807, 2.05) is 31.2 Å². The highest BCUT2D eigenvalue weighted by atomic mass is 16.2. The first-order chi connectivity index (χ1) is 11.6. The van der Waals surface area contributed by atoms with Gasteiger partial charge in [0.25, 0.3) is 5.91 Å². The van der Waals surface area contributed by atoms with E-state index >= 15 is 0 Å². The maximum atomic E-state index is 12.1. The molecule has 0 saturated carbocycles. The summed E-state index contributed by atoms with van der Waals surface area (Å²) in [7, 11) is 1.79. The fourth-order valence-electron chi connectivity index (χ4n) is 2.92. The molecule has 24 heavy (non-hydrogen) atoms. The molecule has 1 amide bonds. The van der Waals surface area contributed by atoms with Crippen LogP contribution in [-0.2, 0) is 7.05 Å². The van der Waals surface area contributed by atoms with E-state index in [9.17, 15) is 4.79 Å². The molecule has 1 fully saturated rings. The van der Waals surface area contributed by atoms with Gasteiger partial charge in [0, 0.05) is 26.3 Å². The molecule has 2 aromatic heterocycles. The van der Waals surface area contributed by atoms with E-state index in [1.54, 1.807) is 24.0 Å². The fraction of sp³-hybridized carbons (Fsp3) is 0.294. The van der Waals surface area contributed by atoms with Crippen molar-refractivity contribution in [3.8, 4) is 0 Å². The van der Waals surface area contributed by atoms with Crippen LogP contribution >= 0.6 is 0 Å². The molecule has 122 valence electrons. The minimum Gasteiger partial charge on any atom is -0.351 e. The highest BCUT2D eigenvalue weighted by Gasteiger charge is 2.31. The first-order valence-electron chi connectivity index (χ1n) is 7.89. The Morgan fingerprint density at radius 2 is 1.88 bits per heavy atom. The Labute approximate surface area is 139 Å². The number of carbonyl (C=O) groups excluding carboxylic acids is 1. The van der Waals surface area contributed by atoms with Crippen LogP contribution in [0.4, 0.5) is 5.82 Å². The first-order valence-corrected chi connectivity index (χ1v) is 7.89. The third-order valence-corrected chi connectivity index (χ3v) is 4.18. The van der Waals surface area contributed by atoms with Gasteiger partial charge in [-0.3, -0.25) is 9.48 Å². The number of carbonyl (C=O) groups is 1. The quantitative estimate of drug-likeness (QED) is 0.786. The van der Waals surface area contributed by atoms with Crippen LogP contribution in [0.1, 0.15) is 16.2 Å². The van der Waals surface area contributed by atoms with Crippen molar-refractivity contribution >= 4 is 22.8 Å². The predicted octanol–water partition coefficient (Wildman–Crippen LogP) is 1.29. The van der Waals surface area contributed by atoms with Crippen molar-refractivity contribution in [1.82, 2.24) is 25.1 Å². The van der Waals surface area contributed by atoms with Crippen molar-refractivity contribution in [3.05, 3.63) is 47.9 Å². The molecule has 0 unspecified atom stereocenters. The lowest BCUT2D eigenvalue weighted by molar-refractivity contribution is 0.0924. The van der Waals surface area contributed by atoms with Crippen LogP contribution in [0.15, 0.2) is 36.5 Å². The smallest absolute Gasteiger partial charge is 0.272 e. The van der Waals surface area contributed by atoms with Gasteiger partial charge in [0.05, 0.1) is 22.8 Å². The van der Waals surface area contributed by atoms with Crippen LogP contribution in [-0.4, -0.2) is 44.8 Å². The zero-order chi connectivity index (χ0) is 16.7. The average molecular weight is 322 g/mol. The lowest BCUT2D eigenvalue weighted by atomic mass is 10.1. The van der Waals surface area contributed by atoms with Crippen LogP contribution in [0.3, 0.4) is 0 Å². The summed E-state index contributed by atoms with van der Waals surface area (Å²) < 4.78 is 1.62. The van der Waals surface area contributed by atoms with Crippen molar-refractivity contribution < 1.29 is 4.79 Å². The van der Waals surface area contributed by atoms with Crippen molar-refractivity contribution in [2.24, 2.45) is 7.05 Å². The van der Waals surface area contributed by atoms with E-state index in [4.69, 9.17) is 4.98 Å². The van der Waals surface area contributed by atoms with Gasteiger partial charge in [-0.05, 0) is 25.1 Å². The number of benzene rings is 1. The van der Waals surface area contributed by atoms with Gasteiger partial charge in [0.2, 0.25) is 0 Å². The van der Waals surface area contributed by atoms with Crippen molar-refractivity contribution in [3.63, 3.8) is 0 Å². The summed E-state index contributed by atoms with van der Waals surface area (Å²) >= 11 is 0. The Bertz CT molecular complexity index is 912. The normalized spacial score (nSPS) is 14.7. The van der Waals surface area contributed by atoms with Crippen LogP contribution in [0.25, 0.3) is 11.0 Å². The van der Waals surface area contributed by atoms with Crippen molar-refractivity contribution in [1.29, 1.82) is 0 Å². The van der Waals surface area contributed by atoms with Gasteiger partial charge in [-0.1, -0.05) is 12.1 Å². The van der Waals surface area contributed by atoms with Crippen LogP contribution in [0, 0.1) is 6.92 Å². The number of anilines is 1. The molecule has 1 saturated heterocycles. The SMILES string of the molecule is Cc1nc2ccccc2nc1N1CC(NC(=O)c2ccn(C)n2)C1. The van der Waals surface area contributed by atoms with Crippen molar-refractivity contribution in [2.75, 3.05) is 18.0 Å². The van der Waals surface area contributed by atoms with Gasteiger partial charge in [-0.2, -0.15) is 5.10 Å². The third kappa shape index (κ3) is 2.58. The van der Waals surface area contributed by atoms with E-state index < -0.39 is 0 Å². The fourth-order valence-corrected chi connectivity index (χ4v) is 2.92.